The van der Waals surface area contributed by atoms with Gasteiger partial charge in [-0.2, -0.15) is 0 Å². The van der Waals surface area contributed by atoms with Crippen LogP contribution < -0.4 is 11.3 Å². The van der Waals surface area contributed by atoms with Crippen LogP contribution in [-0.2, 0) is 11.2 Å². The maximum absolute atomic E-state index is 5.86. The average Bonchev–Trinajstić information content (AvgIpc) is 3.12. The second-order valence-corrected chi connectivity index (χ2v) is 6.27. The lowest BCUT2D eigenvalue weighted by Crippen LogP contribution is -2.47. The van der Waals surface area contributed by atoms with Gasteiger partial charge in [-0.1, -0.05) is 0 Å². The second kappa shape index (κ2) is 6.10. The van der Waals surface area contributed by atoms with E-state index in [4.69, 9.17) is 10.6 Å². The predicted molar refractivity (Wildman–Crippen MR) is 74.5 cm³/mol. The number of nitrogens with two attached hydrogens (primary N) is 1. The van der Waals surface area contributed by atoms with Crippen molar-refractivity contribution in [3.8, 4) is 0 Å². The normalized spacial score (nSPS) is 18.9. The lowest BCUT2D eigenvalue weighted by molar-refractivity contribution is 0.0192. The molecule has 0 spiro atoms. The van der Waals surface area contributed by atoms with E-state index in [1.54, 1.807) is 11.3 Å². The number of hydrogen-bond donors (Lipinski definition) is 2. The van der Waals surface area contributed by atoms with Crippen molar-refractivity contribution in [1.29, 1.82) is 0 Å². The highest BCUT2D eigenvalue weighted by atomic mass is 32.1. The van der Waals surface area contributed by atoms with Crippen molar-refractivity contribution in [2.24, 2.45) is 11.8 Å². The van der Waals surface area contributed by atoms with Gasteiger partial charge in [-0.15, -0.1) is 11.3 Å². The third-order valence-corrected chi connectivity index (χ3v) is 4.62. The Labute approximate surface area is 113 Å². The van der Waals surface area contributed by atoms with Crippen LogP contribution in [0.3, 0.4) is 0 Å². The Hall–Kier alpha value is -0.490. The number of aryl methyl sites for hydroxylation is 2. The molecule has 0 aliphatic heterocycles. The minimum Gasteiger partial charge on any atom is -0.377 e. The molecule has 1 saturated carbocycles. The summed E-state index contributed by atoms with van der Waals surface area (Å²) in [5, 5.41) is 1.15. The maximum atomic E-state index is 5.86. The molecule has 0 aromatic carbocycles. The fourth-order valence-corrected chi connectivity index (χ4v) is 3.27. The first-order chi connectivity index (χ1) is 8.65. The van der Waals surface area contributed by atoms with E-state index in [0.29, 0.717) is 5.92 Å². The standard InChI is InChI=1S/C13H23N3OS/c1-4-17-13(10-5-6-10)11(16-14)7-12-15-8(2)9(3)18-12/h10-11,13,16H,4-7,14H2,1-3H3. The van der Waals surface area contributed by atoms with Crippen LogP contribution >= 0.6 is 11.3 Å². The summed E-state index contributed by atoms with van der Waals surface area (Å²) in [7, 11) is 0. The largest absolute Gasteiger partial charge is 0.377 e. The minimum atomic E-state index is 0.169. The molecule has 5 heteroatoms. The molecule has 0 radical (unpaired) electrons. The fraction of sp³-hybridized carbons (Fsp3) is 0.769. The van der Waals surface area contributed by atoms with Crippen LogP contribution in [0.5, 0.6) is 0 Å². The molecule has 1 aromatic rings. The number of ether oxygens (including phenoxy) is 1. The Morgan fingerprint density at radius 3 is 2.67 bits per heavy atom. The Bertz CT molecular complexity index is 370. The lowest BCUT2D eigenvalue weighted by Gasteiger charge is -2.25. The SMILES string of the molecule is CCOC(C1CC1)C(Cc1nc(C)c(C)s1)NN. The summed E-state index contributed by atoms with van der Waals surface area (Å²) in [5.74, 6) is 6.38. The third kappa shape index (κ3) is 3.29. The number of thiazole rings is 1. The molecule has 102 valence electrons. The first-order valence-corrected chi connectivity index (χ1v) is 7.48. The fourth-order valence-electron chi connectivity index (χ4n) is 2.28. The number of nitrogens with one attached hydrogen (secondary N) is 1. The Balaban J connectivity index is 2.02. The molecular formula is C13H23N3OS. The van der Waals surface area contributed by atoms with Crippen LogP contribution in [0.25, 0.3) is 0 Å². The zero-order chi connectivity index (χ0) is 13.1. The summed E-state index contributed by atoms with van der Waals surface area (Å²) in [6.45, 7) is 6.96. The van der Waals surface area contributed by atoms with Crippen molar-refractivity contribution >= 4 is 11.3 Å². The molecular weight excluding hydrogens is 246 g/mol. The summed E-state index contributed by atoms with van der Waals surface area (Å²) in [5.41, 5.74) is 4.06. The highest BCUT2D eigenvalue weighted by Crippen LogP contribution is 2.36. The molecule has 2 rings (SSSR count). The Kier molecular flexibility index (Phi) is 4.72. The lowest BCUT2D eigenvalue weighted by atomic mass is 10.0. The van der Waals surface area contributed by atoms with E-state index in [9.17, 15) is 0 Å². The van der Waals surface area contributed by atoms with Gasteiger partial charge in [0, 0.05) is 17.9 Å². The minimum absolute atomic E-state index is 0.169. The van der Waals surface area contributed by atoms with E-state index in [0.717, 1.165) is 23.7 Å². The van der Waals surface area contributed by atoms with Crippen LogP contribution in [-0.4, -0.2) is 23.7 Å². The van der Waals surface area contributed by atoms with Crippen LogP contribution in [0.2, 0.25) is 0 Å². The zero-order valence-electron chi connectivity index (χ0n) is 11.4. The summed E-state index contributed by atoms with van der Waals surface area (Å²) < 4.78 is 5.86. The van der Waals surface area contributed by atoms with Crippen molar-refractivity contribution in [2.45, 2.75) is 52.2 Å². The van der Waals surface area contributed by atoms with Crippen molar-refractivity contribution in [3.63, 3.8) is 0 Å². The Morgan fingerprint density at radius 1 is 1.50 bits per heavy atom. The van der Waals surface area contributed by atoms with Gasteiger partial charge in [0.05, 0.1) is 22.8 Å². The second-order valence-electron chi connectivity index (χ2n) is 4.98. The molecule has 1 aliphatic carbocycles. The first kappa shape index (κ1) is 13.9. The van der Waals surface area contributed by atoms with Crippen LogP contribution in [0.1, 0.15) is 35.3 Å². The van der Waals surface area contributed by atoms with Gasteiger partial charge in [-0.25, -0.2) is 4.98 Å². The molecule has 4 nitrogen and oxygen atoms in total. The van der Waals surface area contributed by atoms with Gasteiger partial charge >= 0.3 is 0 Å². The molecule has 2 unspecified atom stereocenters. The molecule has 0 bridgehead atoms. The molecule has 2 atom stereocenters. The van der Waals surface area contributed by atoms with Crippen LogP contribution in [0.4, 0.5) is 0 Å². The van der Waals surface area contributed by atoms with Gasteiger partial charge in [0.25, 0.3) is 0 Å². The molecule has 0 saturated heterocycles. The van der Waals surface area contributed by atoms with E-state index < -0.39 is 0 Å². The highest BCUT2D eigenvalue weighted by Gasteiger charge is 2.37. The topological polar surface area (TPSA) is 60.2 Å². The van der Waals surface area contributed by atoms with Crippen molar-refractivity contribution < 1.29 is 4.74 Å². The van der Waals surface area contributed by atoms with Gasteiger partial charge in [0.15, 0.2) is 0 Å². The number of aromatic nitrogens is 1. The maximum Gasteiger partial charge on any atom is 0.0947 e. The van der Waals surface area contributed by atoms with E-state index in [1.165, 1.54) is 17.7 Å². The summed E-state index contributed by atoms with van der Waals surface area (Å²) in [6, 6.07) is 0.169. The summed E-state index contributed by atoms with van der Waals surface area (Å²) in [4.78, 5) is 5.88. The van der Waals surface area contributed by atoms with Gasteiger partial charge in [-0.3, -0.25) is 11.3 Å². The third-order valence-electron chi connectivity index (χ3n) is 3.52. The number of hydrazine groups is 1. The van der Waals surface area contributed by atoms with Gasteiger partial charge < -0.3 is 4.74 Å². The van der Waals surface area contributed by atoms with E-state index in [-0.39, 0.29) is 12.1 Å². The molecule has 1 heterocycles. The van der Waals surface area contributed by atoms with Gasteiger partial charge in [-0.05, 0) is 39.5 Å². The quantitative estimate of drug-likeness (QED) is 0.587. The zero-order valence-corrected chi connectivity index (χ0v) is 12.2. The molecule has 1 fully saturated rings. The molecule has 0 amide bonds. The van der Waals surface area contributed by atoms with Crippen LogP contribution in [0, 0.1) is 19.8 Å². The number of hydrogen-bond acceptors (Lipinski definition) is 5. The van der Waals surface area contributed by atoms with Gasteiger partial charge in [0.2, 0.25) is 0 Å². The predicted octanol–water partition coefficient (Wildman–Crippen LogP) is 1.95. The molecule has 1 aromatic heterocycles. The number of rotatable bonds is 7. The Morgan fingerprint density at radius 2 is 2.22 bits per heavy atom. The molecule has 18 heavy (non-hydrogen) atoms. The summed E-state index contributed by atoms with van der Waals surface area (Å²) in [6.07, 6.45) is 3.61. The van der Waals surface area contributed by atoms with E-state index in [1.807, 2.05) is 6.92 Å². The smallest absolute Gasteiger partial charge is 0.0947 e. The van der Waals surface area contributed by atoms with Crippen molar-refractivity contribution in [1.82, 2.24) is 10.4 Å². The van der Waals surface area contributed by atoms with Crippen LogP contribution in [0.15, 0.2) is 0 Å². The van der Waals surface area contributed by atoms with E-state index >= 15 is 0 Å². The first-order valence-electron chi connectivity index (χ1n) is 6.66. The van der Waals surface area contributed by atoms with Crippen molar-refractivity contribution in [3.05, 3.63) is 15.6 Å². The highest BCUT2D eigenvalue weighted by molar-refractivity contribution is 7.11. The van der Waals surface area contributed by atoms with Gasteiger partial charge in [0.1, 0.15) is 0 Å². The molecule has 1 aliphatic rings. The molecule has 3 N–H and O–H groups in total. The number of nitrogens with zero attached hydrogens (tertiary/aromatic N) is 1. The van der Waals surface area contributed by atoms with E-state index in [2.05, 4.69) is 24.3 Å². The monoisotopic (exact) mass is 269 g/mol. The van der Waals surface area contributed by atoms with Crippen molar-refractivity contribution in [2.75, 3.05) is 6.61 Å². The average molecular weight is 269 g/mol. The summed E-state index contributed by atoms with van der Waals surface area (Å²) >= 11 is 1.76.